The van der Waals surface area contributed by atoms with Gasteiger partial charge in [-0.1, -0.05) is 13.8 Å². The molecule has 0 aromatic carbocycles. The smallest absolute Gasteiger partial charge is 0.320 e. The highest BCUT2D eigenvalue weighted by molar-refractivity contribution is 5.85. The largest absolute Gasteiger partial charge is 0.480 e. The Balaban J connectivity index is 0.00000121. The number of carbonyl (C=O) groups is 1. The number of hydrogen-bond acceptors (Lipinski definition) is 2. The van der Waals surface area contributed by atoms with Gasteiger partial charge in [0.25, 0.3) is 0 Å². The monoisotopic (exact) mass is 193 g/mol. The van der Waals surface area contributed by atoms with Crippen LogP contribution in [-0.4, -0.2) is 23.7 Å². The summed E-state index contributed by atoms with van der Waals surface area (Å²) < 4.78 is 0. The molecule has 1 aliphatic heterocycles. The first kappa shape index (κ1) is 11.7. The van der Waals surface area contributed by atoms with Crippen molar-refractivity contribution in [2.24, 2.45) is 11.8 Å². The average Bonchev–Trinajstić information content (AvgIpc) is 1.94. The molecule has 0 bridgehead atoms. The van der Waals surface area contributed by atoms with Gasteiger partial charge in [-0.3, -0.25) is 4.79 Å². The average molecular weight is 194 g/mol. The molecular weight excluding hydrogens is 178 g/mol. The van der Waals surface area contributed by atoms with E-state index in [-0.39, 0.29) is 18.4 Å². The van der Waals surface area contributed by atoms with Crippen LogP contribution >= 0.6 is 12.4 Å². The Morgan fingerprint density at radius 2 is 2.00 bits per heavy atom. The molecule has 0 aromatic heterocycles. The Morgan fingerprint density at radius 3 is 2.42 bits per heavy atom. The van der Waals surface area contributed by atoms with E-state index < -0.39 is 5.97 Å². The number of rotatable bonds is 1. The van der Waals surface area contributed by atoms with Crippen LogP contribution in [0.1, 0.15) is 20.3 Å². The van der Waals surface area contributed by atoms with Crippen molar-refractivity contribution in [2.45, 2.75) is 26.3 Å². The maximum absolute atomic E-state index is 10.5. The zero-order valence-electron chi connectivity index (χ0n) is 7.41. The van der Waals surface area contributed by atoms with E-state index in [9.17, 15) is 4.79 Å². The second kappa shape index (κ2) is 4.67. The number of piperidine rings is 1. The van der Waals surface area contributed by atoms with Gasteiger partial charge in [0.15, 0.2) is 0 Å². The molecule has 3 atom stereocenters. The first-order valence-corrected chi connectivity index (χ1v) is 4.07. The van der Waals surface area contributed by atoms with Crippen molar-refractivity contribution in [3.63, 3.8) is 0 Å². The fourth-order valence-electron chi connectivity index (χ4n) is 1.40. The van der Waals surface area contributed by atoms with Gasteiger partial charge in [-0.25, -0.2) is 0 Å². The fourth-order valence-corrected chi connectivity index (χ4v) is 1.40. The lowest BCUT2D eigenvalue weighted by Crippen LogP contribution is -2.46. The first-order valence-electron chi connectivity index (χ1n) is 4.07. The van der Waals surface area contributed by atoms with Crippen LogP contribution in [-0.2, 0) is 4.79 Å². The van der Waals surface area contributed by atoms with Crippen molar-refractivity contribution in [3.8, 4) is 0 Å². The Morgan fingerprint density at radius 1 is 1.42 bits per heavy atom. The van der Waals surface area contributed by atoms with Crippen LogP contribution in [0.25, 0.3) is 0 Å². The maximum Gasteiger partial charge on any atom is 0.320 e. The van der Waals surface area contributed by atoms with Crippen LogP contribution in [0, 0.1) is 11.8 Å². The number of aliphatic carboxylic acids is 1. The Labute approximate surface area is 78.9 Å². The van der Waals surface area contributed by atoms with Gasteiger partial charge in [-0.2, -0.15) is 0 Å². The molecule has 0 unspecified atom stereocenters. The summed E-state index contributed by atoms with van der Waals surface area (Å²) in [5, 5.41) is 11.7. The van der Waals surface area contributed by atoms with Gasteiger partial charge in [0.1, 0.15) is 6.04 Å². The summed E-state index contributed by atoms with van der Waals surface area (Å²) in [6.45, 7) is 5.09. The summed E-state index contributed by atoms with van der Waals surface area (Å²) in [7, 11) is 0. The van der Waals surface area contributed by atoms with Gasteiger partial charge in [0, 0.05) is 0 Å². The fraction of sp³-hybridized carbons (Fsp3) is 0.875. The van der Waals surface area contributed by atoms with Crippen molar-refractivity contribution >= 4 is 18.4 Å². The predicted molar refractivity (Wildman–Crippen MR) is 49.6 cm³/mol. The minimum absolute atomic E-state index is 0. The zero-order valence-corrected chi connectivity index (χ0v) is 8.23. The highest BCUT2D eigenvalue weighted by atomic mass is 35.5. The van der Waals surface area contributed by atoms with E-state index in [1.807, 2.05) is 0 Å². The van der Waals surface area contributed by atoms with Crippen LogP contribution in [0.4, 0.5) is 0 Å². The van der Waals surface area contributed by atoms with Gasteiger partial charge in [0.2, 0.25) is 0 Å². The first-order chi connectivity index (χ1) is 5.11. The minimum atomic E-state index is -0.719. The zero-order chi connectivity index (χ0) is 8.43. The third-order valence-corrected chi connectivity index (χ3v) is 2.56. The molecule has 1 heterocycles. The molecule has 0 spiro atoms. The third-order valence-electron chi connectivity index (χ3n) is 2.56. The molecule has 0 aliphatic carbocycles. The van der Waals surface area contributed by atoms with Gasteiger partial charge in [0.05, 0.1) is 0 Å². The summed E-state index contributed by atoms with van der Waals surface area (Å²) in [6, 6.07) is -0.318. The SMILES string of the molecule is C[C@@H]1CN[C@H](C(=O)O)C[C@@H]1C.Cl. The van der Waals surface area contributed by atoms with E-state index in [4.69, 9.17) is 5.11 Å². The summed E-state index contributed by atoms with van der Waals surface area (Å²) in [4.78, 5) is 10.5. The molecule has 1 aliphatic rings. The van der Waals surface area contributed by atoms with Crippen molar-refractivity contribution in [1.29, 1.82) is 0 Å². The molecular formula is C8H16ClNO2. The molecule has 0 amide bonds. The van der Waals surface area contributed by atoms with Crippen LogP contribution in [0.2, 0.25) is 0 Å². The Bertz CT molecular complexity index is 163. The molecule has 0 radical (unpaired) electrons. The lowest BCUT2D eigenvalue weighted by molar-refractivity contribution is -0.140. The molecule has 3 nitrogen and oxygen atoms in total. The minimum Gasteiger partial charge on any atom is -0.480 e. The lowest BCUT2D eigenvalue weighted by atomic mass is 9.86. The van der Waals surface area contributed by atoms with E-state index in [0.29, 0.717) is 11.8 Å². The highest BCUT2D eigenvalue weighted by Crippen LogP contribution is 2.20. The number of carboxylic acid groups (broad SMARTS) is 1. The number of carboxylic acids is 1. The van der Waals surface area contributed by atoms with E-state index in [1.165, 1.54) is 0 Å². The molecule has 1 rings (SSSR count). The van der Waals surface area contributed by atoms with Crippen LogP contribution in [0.5, 0.6) is 0 Å². The van der Waals surface area contributed by atoms with Crippen LogP contribution in [0.3, 0.4) is 0 Å². The number of halogens is 1. The summed E-state index contributed by atoms with van der Waals surface area (Å²) in [5.74, 6) is 0.409. The second-order valence-electron chi connectivity index (χ2n) is 3.49. The van der Waals surface area contributed by atoms with Crippen molar-refractivity contribution < 1.29 is 9.90 Å². The van der Waals surface area contributed by atoms with Crippen molar-refractivity contribution in [3.05, 3.63) is 0 Å². The Hall–Kier alpha value is -0.280. The maximum atomic E-state index is 10.5. The predicted octanol–water partition coefficient (Wildman–Crippen LogP) is 1.13. The Kier molecular flexibility index (Phi) is 4.57. The summed E-state index contributed by atoms with van der Waals surface area (Å²) in [6.07, 6.45) is 0.760. The van der Waals surface area contributed by atoms with Crippen LogP contribution in [0.15, 0.2) is 0 Å². The second-order valence-corrected chi connectivity index (χ2v) is 3.49. The third kappa shape index (κ3) is 2.64. The number of nitrogens with one attached hydrogen (secondary N) is 1. The van der Waals surface area contributed by atoms with E-state index in [0.717, 1.165) is 13.0 Å². The van der Waals surface area contributed by atoms with Gasteiger partial charge in [-0.05, 0) is 24.8 Å². The molecule has 4 heteroatoms. The number of hydrogen-bond donors (Lipinski definition) is 2. The molecule has 1 fully saturated rings. The molecule has 1 saturated heterocycles. The normalized spacial score (nSPS) is 35.3. The highest BCUT2D eigenvalue weighted by Gasteiger charge is 2.27. The lowest BCUT2D eigenvalue weighted by Gasteiger charge is -2.30. The van der Waals surface area contributed by atoms with Crippen molar-refractivity contribution in [2.75, 3.05) is 6.54 Å². The van der Waals surface area contributed by atoms with Gasteiger partial charge in [-0.15, -0.1) is 12.4 Å². The molecule has 72 valence electrons. The van der Waals surface area contributed by atoms with Gasteiger partial charge < -0.3 is 10.4 Å². The quantitative estimate of drug-likeness (QED) is 0.657. The van der Waals surface area contributed by atoms with Gasteiger partial charge >= 0.3 is 5.97 Å². The van der Waals surface area contributed by atoms with E-state index in [2.05, 4.69) is 19.2 Å². The van der Waals surface area contributed by atoms with Crippen LogP contribution < -0.4 is 5.32 Å². The standard InChI is InChI=1S/C8H15NO2.ClH/c1-5-3-7(8(10)11)9-4-6(5)2;/h5-7,9H,3-4H2,1-2H3,(H,10,11);1H/t5-,6+,7-;/m0./s1. The van der Waals surface area contributed by atoms with E-state index in [1.54, 1.807) is 0 Å². The summed E-state index contributed by atoms with van der Waals surface area (Å²) >= 11 is 0. The molecule has 12 heavy (non-hydrogen) atoms. The molecule has 0 saturated carbocycles. The summed E-state index contributed by atoms with van der Waals surface area (Å²) in [5.41, 5.74) is 0. The van der Waals surface area contributed by atoms with E-state index >= 15 is 0 Å². The molecule has 0 aromatic rings. The van der Waals surface area contributed by atoms with Crippen molar-refractivity contribution in [1.82, 2.24) is 5.32 Å². The molecule has 2 N–H and O–H groups in total. The topological polar surface area (TPSA) is 49.3 Å².